The standard InChI is InChI=1S/C16H15ClN4O2S2/c1-11-7-8-12(9-13(11)17)25(22,23)20-14-5-3-4-6-15(14)24-16-19-18-10-21(16)2/h3-10,20H,1-2H3. The first-order valence-electron chi connectivity index (χ1n) is 7.27. The highest BCUT2D eigenvalue weighted by Gasteiger charge is 2.18. The van der Waals surface area contributed by atoms with Crippen molar-refractivity contribution < 1.29 is 8.42 Å². The molecule has 0 radical (unpaired) electrons. The molecule has 0 amide bonds. The van der Waals surface area contributed by atoms with Crippen molar-refractivity contribution in [3.8, 4) is 0 Å². The average molecular weight is 395 g/mol. The maximum atomic E-state index is 12.7. The number of aromatic nitrogens is 3. The molecule has 0 fully saturated rings. The largest absolute Gasteiger partial charge is 0.311 e. The van der Waals surface area contributed by atoms with Crippen LogP contribution in [-0.2, 0) is 17.1 Å². The minimum atomic E-state index is -3.75. The van der Waals surface area contributed by atoms with E-state index in [1.807, 2.05) is 26.1 Å². The number of para-hydroxylation sites is 1. The van der Waals surface area contributed by atoms with Crippen molar-refractivity contribution in [3.05, 3.63) is 59.4 Å². The van der Waals surface area contributed by atoms with Crippen molar-refractivity contribution >= 4 is 39.1 Å². The summed E-state index contributed by atoms with van der Waals surface area (Å²) in [5.74, 6) is 0. The van der Waals surface area contributed by atoms with E-state index >= 15 is 0 Å². The Kier molecular flexibility index (Phi) is 5.03. The Bertz CT molecular complexity index is 1020. The van der Waals surface area contributed by atoms with E-state index in [0.29, 0.717) is 15.9 Å². The zero-order chi connectivity index (χ0) is 18.0. The smallest absolute Gasteiger partial charge is 0.261 e. The Morgan fingerprint density at radius 2 is 1.96 bits per heavy atom. The summed E-state index contributed by atoms with van der Waals surface area (Å²) in [5.41, 5.74) is 1.28. The molecular formula is C16H15ClN4O2S2. The minimum absolute atomic E-state index is 0.113. The normalized spacial score (nSPS) is 11.5. The Morgan fingerprint density at radius 3 is 2.64 bits per heavy atom. The first-order chi connectivity index (χ1) is 11.9. The molecule has 0 atom stereocenters. The van der Waals surface area contributed by atoms with Crippen molar-refractivity contribution in [2.45, 2.75) is 21.9 Å². The Labute approximate surface area is 155 Å². The van der Waals surface area contributed by atoms with Gasteiger partial charge in [0.25, 0.3) is 10.0 Å². The monoisotopic (exact) mass is 394 g/mol. The number of nitrogens with one attached hydrogen (secondary N) is 1. The van der Waals surface area contributed by atoms with Crippen molar-refractivity contribution in [1.82, 2.24) is 14.8 Å². The number of benzene rings is 2. The molecule has 2 aromatic carbocycles. The summed E-state index contributed by atoms with van der Waals surface area (Å²) < 4.78 is 29.7. The van der Waals surface area contributed by atoms with Gasteiger partial charge >= 0.3 is 0 Å². The molecule has 0 aliphatic heterocycles. The third kappa shape index (κ3) is 3.97. The van der Waals surface area contributed by atoms with Gasteiger partial charge in [0.15, 0.2) is 5.16 Å². The molecule has 130 valence electrons. The Hall–Kier alpha value is -2.03. The lowest BCUT2D eigenvalue weighted by Gasteiger charge is -2.12. The summed E-state index contributed by atoms with van der Waals surface area (Å²) in [4.78, 5) is 0.835. The lowest BCUT2D eigenvalue weighted by molar-refractivity contribution is 0.601. The number of hydrogen-bond donors (Lipinski definition) is 1. The van der Waals surface area contributed by atoms with E-state index in [2.05, 4.69) is 14.9 Å². The number of nitrogens with zero attached hydrogens (tertiary/aromatic N) is 3. The van der Waals surface area contributed by atoms with Gasteiger partial charge in [-0.3, -0.25) is 4.72 Å². The summed E-state index contributed by atoms with van der Waals surface area (Å²) in [7, 11) is -1.93. The molecule has 9 heteroatoms. The predicted molar refractivity (Wildman–Crippen MR) is 98.6 cm³/mol. The average Bonchev–Trinajstić information content (AvgIpc) is 2.96. The quantitative estimate of drug-likeness (QED) is 0.713. The second kappa shape index (κ2) is 7.07. The van der Waals surface area contributed by atoms with E-state index in [9.17, 15) is 8.42 Å². The molecule has 0 aliphatic rings. The van der Waals surface area contributed by atoms with E-state index < -0.39 is 10.0 Å². The Morgan fingerprint density at radius 1 is 1.20 bits per heavy atom. The zero-order valence-corrected chi connectivity index (χ0v) is 15.9. The van der Waals surface area contributed by atoms with E-state index in [0.717, 1.165) is 10.5 Å². The lowest BCUT2D eigenvalue weighted by atomic mass is 10.2. The second-order valence-corrected chi connectivity index (χ2v) is 8.44. The molecule has 0 aliphatic carbocycles. The van der Waals surface area contributed by atoms with Crippen molar-refractivity contribution in [2.24, 2.45) is 7.05 Å². The molecule has 1 heterocycles. The van der Waals surface area contributed by atoms with Crippen LogP contribution in [0.2, 0.25) is 5.02 Å². The van der Waals surface area contributed by atoms with Gasteiger partial charge in [0, 0.05) is 17.0 Å². The van der Waals surface area contributed by atoms with Crippen LogP contribution >= 0.6 is 23.4 Å². The number of hydrogen-bond acceptors (Lipinski definition) is 5. The van der Waals surface area contributed by atoms with Crippen molar-refractivity contribution in [2.75, 3.05) is 4.72 Å². The number of sulfonamides is 1. The van der Waals surface area contributed by atoms with Crippen LogP contribution in [0, 0.1) is 6.92 Å². The van der Waals surface area contributed by atoms with Crippen LogP contribution in [0.5, 0.6) is 0 Å². The summed E-state index contributed by atoms with van der Waals surface area (Å²) >= 11 is 7.38. The highest BCUT2D eigenvalue weighted by molar-refractivity contribution is 7.99. The van der Waals surface area contributed by atoms with Crippen molar-refractivity contribution in [1.29, 1.82) is 0 Å². The molecule has 0 bridgehead atoms. The lowest BCUT2D eigenvalue weighted by Crippen LogP contribution is -2.13. The summed E-state index contributed by atoms with van der Waals surface area (Å²) in [6, 6.07) is 11.8. The molecule has 3 aromatic rings. The third-order valence-corrected chi connectivity index (χ3v) is 6.35. The van der Waals surface area contributed by atoms with Crippen LogP contribution in [0.1, 0.15) is 5.56 Å². The van der Waals surface area contributed by atoms with Crippen LogP contribution in [-0.4, -0.2) is 23.2 Å². The van der Waals surface area contributed by atoms with Crippen LogP contribution in [0.3, 0.4) is 0 Å². The van der Waals surface area contributed by atoms with Gasteiger partial charge in [-0.1, -0.05) is 29.8 Å². The molecule has 25 heavy (non-hydrogen) atoms. The predicted octanol–water partition coefficient (Wildman–Crippen LogP) is 3.73. The van der Waals surface area contributed by atoms with Gasteiger partial charge in [-0.05, 0) is 48.5 Å². The van der Waals surface area contributed by atoms with E-state index in [-0.39, 0.29) is 4.90 Å². The SMILES string of the molecule is Cc1ccc(S(=O)(=O)Nc2ccccc2Sc2nncn2C)cc1Cl. The molecule has 1 aromatic heterocycles. The topological polar surface area (TPSA) is 76.9 Å². The summed E-state index contributed by atoms with van der Waals surface area (Å²) in [6.07, 6.45) is 1.59. The van der Waals surface area contributed by atoms with E-state index in [4.69, 9.17) is 11.6 Å². The maximum Gasteiger partial charge on any atom is 0.261 e. The van der Waals surface area contributed by atoms with E-state index in [1.54, 1.807) is 29.1 Å². The number of halogens is 1. The molecule has 0 saturated heterocycles. The van der Waals surface area contributed by atoms with Gasteiger partial charge in [0.05, 0.1) is 10.6 Å². The van der Waals surface area contributed by atoms with Gasteiger partial charge in [-0.25, -0.2) is 8.42 Å². The number of anilines is 1. The Balaban J connectivity index is 1.92. The zero-order valence-electron chi connectivity index (χ0n) is 13.5. The summed E-state index contributed by atoms with van der Waals surface area (Å²) in [6.45, 7) is 1.82. The molecule has 3 rings (SSSR count). The molecule has 0 unspecified atom stereocenters. The van der Waals surface area contributed by atoms with Gasteiger partial charge < -0.3 is 4.57 Å². The van der Waals surface area contributed by atoms with Crippen LogP contribution in [0.4, 0.5) is 5.69 Å². The fourth-order valence-corrected chi connectivity index (χ4v) is 4.31. The first kappa shape index (κ1) is 17.8. The fourth-order valence-electron chi connectivity index (χ4n) is 2.05. The van der Waals surface area contributed by atoms with Crippen LogP contribution in [0.25, 0.3) is 0 Å². The van der Waals surface area contributed by atoms with Gasteiger partial charge in [0.1, 0.15) is 6.33 Å². The fraction of sp³-hybridized carbons (Fsp3) is 0.125. The highest BCUT2D eigenvalue weighted by Crippen LogP contribution is 2.33. The van der Waals surface area contributed by atoms with Crippen LogP contribution in [0.15, 0.2) is 63.7 Å². The van der Waals surface area contributed by atoms with E-state index in [1.165, 1.54) is 23.9 Å². The van der Waals surface area contributed by atoms with Gasteiger partial charge in [0.2, 0.25) is 0 Å². The number of aryl methyl sites for hydroxylation is 2. The van der Waals surface area contributed by atoms with Crippen LogP contribution < -0.4 is 4.72 Å². The number of rotatable bonds is 5. The van der Waals surface area contributed by atoms with Gasteiger partial charge in [-0.15, -0.1) is 10.2 Å². The molecule has 0 saturated carbocycles. The maximum absolute atomic E-state index is 12.7. The third-order valence-electron chi connectivity index (χ3n) is 3.46. The van der Waals surface area contributed by atoms with Gasteiger partial charge in [-0.2, -0.15) is 0 Å². The molecule has 1 N–H and O–H groups in total. The van der Waals surface area contributed by atoms with Crippen molar-refractivity contribution in [3.63, 3.8) is 0 Å². The highest BCUT2D eigenvalue weighted by atomic mass is 35.5. The molecular weight excluding hydrogens is 380 g/mol. The first-order valence-corrected chi connectivity index (χ1v) is 9.94. The minimum Gasteiger partial charge on any atom is -0.311 e. The summed E-state index contributed by atoms with van der Waals surface area (Å²) in [5, 5.41) is 8.90. The molecule has 0 spiro atoms. The molecule has 6 nitrogen and oxygen atoms in total. The second-order valence-electron chi connectivity index (χ2n) is 5.34.